The van der Waals surface area contributed by atoms with Crippen LogP contribution in [0.15, 0.2) is 18.3 Å². The molecule has 0 amide bonds. The van der Waals surface area contributed by atoms with Crippen LogP contribution < -0.4 is 0 Å². The topological polar surface area (TPSA) is 74.6 Å². The minimum Gasteiger partial charge on any atom is -0.461 e. The Morgan fingerprint density at radius 2 is 1.95 bits per heavy atom. The lowest BCUT2D eigenvalue weighted by Crippen LogP contribution is -2.22. The second-order valence-electron chi connectivity index (χ2n) is 4.17. The molecule has 0 fully saturated rings. The molecule has 0 unspecified atom stereocenters. The quantitative estimate of drug-likeness (QED) is 0.571. The summed E-state index contributed by atoms with van der Waals surface area (Å²) in [5, 5.41) is 0. The lowest BCUT2D eigenvalue weighted by molar-refractivity contribution is -0.146. The summed E-state index contributed by atoms with van der Waals surface area (Å²) in [5.41, 5.74) is 0.417. The predicted molar refractivity (Wildman–Crippen MR) is 66.6 cm³/mol. The van der Waals surface area contributed by atoms with Crippen molar-refractivity contribution in [2.24, 2.45) is 0 Å². The Morgan fingerprint density at radius 1 is 1.26 bits per heavy atom. The molecule has 1 aromatic rings. The Bertz CT molecular complexity index is 477. The van der Waals surface area contributed by atoms with E-state index in [1.807, 2.05) is 0 Å². The SMILES string of the molecule is CC(=O)OCC(=O)c1cccn1C[C@@H](C)OC(C)=O. The van der Waals surface area contributed by atoms with Crippen LogP contribution in [0.3, 0.4) is 0 Å². The van der Waals surface area contributed by atoms with Crippen LogP contribution in [0.5, 0.6) is 0 Å². The van der Waals surface area contributed by atoms with E-state index in [1.54, 1.807) is 29.8 Å². The zero-order valence-electron chi connectivity index (χ0n) is 11.2. The molecule has 1 atom stereocenters. The van der Waals surface area contributed by atoms with Crippen LogP contribution >= 0.6 is 0 Å². The summed E-state index contributed by atoms with van der Waals surface area (Å²) in [6.07, 6.45) is 1.37. The molecule has 0 aliphatic heterocycles. The fraction of sp³-hybridized carbons (Fsp3) is 0.462. The number of ketones is 1. The summed E-state index contributed by atoms with van der Waals surface area (Å²) in [6, 6.07) is 3.34. The number of hydrogen-bond acceptors (Lipinski definition) is 5. The molecule has 1 aromatic heterocycles. The molecule has 0 aromatic carbocycles. The maximum atomic E-state index is 11.8. The Balaban J connectivity index is 2.66. The Morgan fingerprint density at radius 3 is 2.53 bits per heavy atom. The highest BCUT2D eigenvalue weighted by Gasteiger charge is 2.15. The number of carbonyl (C=O) groups excluding carboxylic acids is 3. The van der Waals surface area contributed by atoms with Crippen LogP contribution in [0.2, 0.25) is 0 Å². The number of hydrogen-bond donors (Lipinski definition) is 0. The first-order valence-corrected chi connectivity index (χ1v) is 5.89. The van der Waals surface area contributed by atoms with Crippen molar-refractivity contribution in [2.75, 3.05) is 6.61 Å². The maximum Gasteiger partial charge on any atom is 0.303 e. The number of ether oxygens (including phenoxy) is 2. The third-order valence-corrected chi connectivity index (χ3v) is 2.34. The van der Waals surface area contributed by atoms with E-state index in [9.17, 15) is 14.4 Å². The van der Waals surface area contributed by atoms with Crippen molar-refractivity contribution in [3.8, 4) is 0 Å². The molecule has 0 N–H and O–H groups in total. The molecule has 1 rings (SSSR count). The van der Waals surface area contributed by atoms with E-state index in [2.05, 4.69) is 4.74 Å². The standard InChI is InChI=1S/C13H17NO5/c1-9(19-11(3)16)7-14-6-4-5-12(14)13(17)8-18-10(2)15/h4-6,9H,7-8H2,1-3H3/t9-/m1/s1. The fourth-order valence-corrected chi connectivity index (χ4v) is 1.67. The van der Waals surface area contributed by atoms with Crippen LogP contribution in [0, 0.1) is 0 Å². The highest BCUT2D eigenvalue weighted by atomic mass is 16.5. The van der Waals surface area contributed by atoms with E-state index in [0.29, 0.717) is 12.2 Å². The lowest BCUT2D eigenvalue weighted by atomic mass is 10.3. The second-order valence-corrected chi connectivity index (χ2v) is 4.17. The molecule has 6 heteroatoms. The summed E-state index contributed by atoms with van der Waals surface area (Å²) in [4.78, 5) is 33.3. The average molecular weight is 267 g/mol. The first-order chi connectivity index (χ1) is 8.90. The number of rotatable bonds is 6. The average Bonchev–Trinajstić information content (AvgIpc) is 2.72. The van der Waals surface area contributed by atoms with Gasteiger partial charge >= 0.3 is 11.9 Å². The van der Waals surface area contributed by atoms with Crippen molar-refractivity contribution in [1.29, 1.82) is 0 Å². The van der Waals surface area contributed by atoms with Gasteiger partial charge in [0.2, 0.25) is 5.78 Å². The first kappa shape index (κ1) is 14.9. The van der Waals surface area contributed by atoms with Crippen molar-refractivity contribution in [1.82, 2.24) is 4.57 Å². The Hall–Kier alpha value is -2.11. The molecule has 0 saturated carbocycles. The van der Waals surface area contributed by atoms with Gasteiger partial charge < -0.3 is 14.0 Å². The zero-order chi connectivity index (χ0) is 14.4. The molecule has 0 radical (unpaired) electrons. The monoisotopic (exact) mass is 267 g/mol. The smallest absolute Gasteiger partial charge is 0.303 e. The third kappa shape index (κ3) is 4.95. The zero-order valence-corrected chi connectivity index (χ0v) is 11.2. The van der Waals surface area contributed by atoms with Gasteiger partial charge in [-0.1, -0.05) is 0 Å². The van der Waals surface area contributed by atoms with Crippen molar-refractivity contribution in [3.63, 3.8) is 0 Å². The van der Waals surface area contributed by atoms with E-state index in [-0.39, 0.29) is 24.5 Å². The van der Waals surface area contributed by atoms with Crippen LogP contribution in [-0.4, -0.2) is 35.0 Å². The molecule has 0 aliphatic carbocycles. The van der Waals surface area contributed by atoms with Gasteiger partial charge in [0.05, 0.1) is 12.2 Å². The van der Waals surface area contributed by atoms with Crippen molar-refractivity contribution >= 4 is 17.7 Å². The Kier molecular flexibility index (Phi) is 5.29. The molecular formula is C13H17NO5. The Labute approximate surface area is 111 Å². The third-order valence-electron chi connectivity index (χ3n) is 2.34. The van der Waals surface area contributed by atoms with E-state index in [1.165, 1.54) is 13.8 Å². The van der Waals surface area contributed by atoms with Gasteiger partial charge in [0.25, 0.3) is 0 Å². The molecular weight excluding hydrogens is 250 g/mol. The van der Waals surface area contributed by atoms with E-state index in [0.717, 1.165) is 0 Å². The molecule has 0 saturated heterocycles. The first-order valence-electron chi connectivity index (χ1n) is 5.89. The summed E-state index contributed by atoms with van der Waals surface area (Å²) < 4.78 is 11.3. The normalized spacial score (nSPS) is 11.7. The van der Waals surface area contributed by atoms with Crippen molar-refractivity contribution in [2.45, 2.75) is 33.4 Å². The predicted octanol–water partition coefficient (Wildman–Crippen LogP) is 1.19. The minimum atomic E-state index is -0.500. The van der Waals surface area contributed by atoms with Crippen LogP contribution in [0.1, 0.15) is 31.3 Å². The van der Waals surface area contributed by atoms with Gasteiger partial charge in [0.15, 0.2) is 6.61 Å². The second kappa shape index (κ2) is 6.72. The molecule has 0 aliphatic rings. The van der Waals surface area contributed by atoms with Crippen LogP contribution in [0.4, 0.5) is 0 Å². The van der Waals surface area contributed by atoms with E-state index in [4.69, 9.17) is 4.74 Å². The molecule has 1 heterocycles. The van der Waals surface area contributed by atoms with Gasteiger partial charge in [-0.3, -0.25) is 14.4 Å². The summed E-state index contributed by atoms with van der Waals surface area (Å²) >= 11 is 0. The number of aromatic nitrogens is 1. The summed E-state index contributed by atoms with van der Waals surface area (Å²) in [7, 11) is 0. The number of carbonyl (C=O) groups is 3. The lowest BCUT2D eigenvalue weighted by Gasteiger charge is -2.14. The van der Waals surface area contributed by atoms with Gasteiger partial charge in [0, 0.05) is 20.0 Å². The largest absolute Gasteiger partial charge is 0.461 e. The summed E-state index contributed by atoms with van der Waals surface area (Å²) in [6.45, 7) is 4.39. The fourth-order valence-electron chi connectivity index (χ4n) is 1.67. The minimum absolute atomic E-state index is 0.290. The highest BCUT2D eigenvalue weighted by molar-refractivity contribution is 5.96. The van der Waals surface area contributed by atoms with Crippen LogP contribution in [0.25, 0.3) is 0 Å². The van der Waals surface area contributed by atoms with E-state index < -0.39 is 5.97 Å². The van der Waals surface area contributed by atoms with Crippen LogP contribution in [-0.2, 0) is 25.6 Å². The highest BCUT2D eigenvalue weighted by Crippen LogP contribution is 2.07. The van der Waals surface area contributed by atoms with Crippen molar-refractivity contribution < 1.29 is 23.9 Å². The molecule has 104 valence electrons. The molecule has 0 spiro atoms. The molecule has 0 bridgehead atoms. The van der Waals surface area contributed by atoms with Gasteiger partial charge in [-0.15, -0.1) is 0 Å². The molecule has 19 heavy (non-hydrogen) atoms. The number of Topliss-reactive ketones (excluding diaryl/α,β-unsaturated/α-hetero) is 1. The number of esters is 2. The molecule has 6 nitrogen and oxygen atoms in total. The van der Waals surface area contributed by atoms with Crippen molar-refractivity contribution in [3.05, 3.63) is 24.0 Å². The van der Waals surface area contributed by atoms with E-state index >= 15 is 0 Å². The maximum absolute atomic E-state index is 11.8. The van der Waals surface area contributed by atoms with Gasteiger partial charge in [0.1, 0.15) is 6.10 Å². The van der Waals surface area contributed by atoms with Gasteiger partial charge in [-0.25, -0.2) is 0 Å². The number of nitrogens with zero attached hydrogens (tertiary/aromatic N) is 1. The van der Waals surface area contributed by atoms with Gasteiger partial charge in [-0.2, -0.15) is 0 Å². The van der Waals surface area contributed by atoms with Gasteiger partial charge in [-0.05, 0) is 19.1 Å². The summed E-state index contributed by atoms with van der Waals surface area (Å²) in [5.74, 6) is -1.16.